The van der Waals surface area contributed by atoms with Crippen LogP contribution in [0.15, 0.2) is 23.4 Å². The summed E-state index contributed by atoms with van der Waals surface area (Å²) in [6.45, 7) is 6.14. The first-order valence-electron chi connectivity index (χ1n) is 4.58. The van der Waals surface area contributed by atoms with Crippen molar-refractivity contribution in [3.8, 4) is 0 Å². The number of allylic oxidation sites excluding steroid dienone is 4. The summed E-state index contributed by atoms with van der Waals surface area (Å²) < 4.78 is 0. The third kappa shape index (κ3) is 2.32. The molecule has 0 bridgehead atoms. The van der Waals surface area contributed by atoms with Gasteiger partial charge < -0.3 is 0 Å². The molecule has 2 N–H and O–H groups in total. The third-order valence-electron chi connectivity index (χ3n) is 2.58. The minimum absolute atomic E-state index is 0.244. The largest absolute Gasteiger partial charge is 0.264 e. The summed E-state index contributed by atoms with van der Waals surface area (Å²) in [6.07, 6.45) is 4.78. The lowest BCUT2D eigenvalue weighted by Crippen LogP contribution is -2.21. The van der Waals surface area contributed by atoms with Gasteiger partial charge >= 0.3 is 0 Å². The zero-order valence-corrected chi connectivity index (χ0v) is 8.36. The van der Waals surface area contributed by atoms with Crippen molar-refractivity contribution in [2.24, 2.45) is 11.8 Å². The number of hydroxylamine groups is 2. The van der Waals surface area contributed by atoms with Gasteiger partial charge in [0, 0.05) is 0 Å². The molecule has 74 valence electrons. The predicted octanol–water partition coefficient (Wildman–Crippen LogP) is 2.57. The van der Waals surface area contributed by atoms with Crippen LogP contribution in [0.5, 0.6) is 0 Å². The Bertz CT molecular complexity index is 241. The van der Waals surface area contributed by atoms with E-state index in [1.165, 1.54) is 0 Å². The van der Waals surface area contributed by atoms with Crippen LogP contribution < -0.4 is 0 Å². The van der Waals surface area contributed by atoms with E-state index in [1.54, 1.807) is 0 Å². The fraction of sp³-hybridized carbons (Fsp3) is 0.600. The topological polar surface area (TPSA) is 43.7 Å². The van der Waals surface area contributed by atoms with Crippen molar-refractivity contribution in [3.63, 3.8) is 0 Å². The molecule has 0 aromatic carbocycles. The number of rotatable bonds is 2. The minimum atomic E-state index is 0.244. The van der Waals surface area contributed by atoms with E-state index in [9.17, 15) is 0 Å². The van der Waals surface area contributed by atoms with E-state index in [4.69, 9.17) is 10.4 Å². The molecule has 3 heteroatoms. The van der Waals surface area contributed by atoms with Gasteiger partial charge in [0.15, 0.2) is 0 Å². The van der Waals surface area contributed by atoms with Crippen LogP contribution in [0.1, 0.15) is 27.2 Å². The Hall–Kier alpha value is -0.800. The fourth-order valence-corrected chi connectivity index (χ4v) is 1.51. The van der Waals surface area contributed by atoms with Gasteiger partial charge in [-0.25, -0.2) is 0 Å². The summed E-state index contributed by atoms with van der Waals surface area (Å²) in [6, 6.07) is 0. The van der Waals surface area contributed by atoms with Crippen LogP contribution in [0.2, 0.25) is 0 Å². The molecule has 1 unspecified atom stereocenters. The Morgan fingerprint density at radius 2 is 2.08 bits per heavy atom. The minimum Gasteiger partial charge on any atom is -0.264 e. The van der Waals surface area contributed by atoms with E-state index in [0.717, 1.165) is 5.57 Å². The number of hydrogen-bond acceptors (Lipinski definition) is 3. The van der Waals surface area contributed by atoms with E-state index in [2.05, 4.69) is 19.9 Å². The highest BCUT2D eigenvalue weighted by molar-refractivity contribution is 5.27. The van der Waals surface area contributed by atoms with E-state index in [1.807, 2.05) is 13.0 Å². The molecule has 0 spiro atoms. The van der Waals surface area contributed by atoms with Crippen LogP contribution in [0.3, 0.4) is 0 Å². The Balaban J connectivity index is 2.78. The molecular formula is C10H17NO2. The van der Waals surface area contributed by atoms with Crippen LogP contribution in [-0.2, 0) is 0 Å². The zero-order valence-electron chi connectivity index (χ0n) is 8.36. The lowest BCUT2D eigenvalue weighted by atomic mass is 9.86. The van der Waals surface area contributed by atoms with Gasteiger partial charge in [0.2, 0.25) is 0 Å². The first kappa shape index (κ1) is 10.3. The summed E-state index contributed by atoms with van der Waals surface area (Å²) in [5, 5.41) is 18.1. The van der Waals surface area contributed by atoms with E-state index >= 15 is 0 Å². The molecule has 0 amide bonds. The number of nitrogens with zero attached hydrogens (tertiary/aromatic N) is 1. The molecule has 3 nitrogen and oxygen atoms in total. The smallest absolute Gasteiger partial charge is 0.0751 e. The van der Waals surface area contributed by atoms with Crippen LogP contribution in [-0.4, -0.2) is 15.6 Å². The quantitative estimate of drug-likeness (QED) is 0.647. The highest BCUT2D eigenvalue weighted by Crippen LogP contribution is 2.29. The van der Waals surface area contributed by atoms with Crippen LogP contribution in [0.4, 0.5) is 0 Å². The average molecular weight is 183 g/mol. The lowest BCUT2D eigenvalue weighted by Gasteiger charge is -2.25. The maximum atomic E-state index is 8.94. The van der Waals surface area contributed by atoms with Crippen molar-refractivity contribution in [2.75, 3.05) is 0 Å². The second-order valence-corrected chi connectivity index (χ2v) is 3.89. The third-order valence-corrected chi connectivity index (χ3v) is 2.58. The summed E-state index contributed by atoms with van der Waals surface area (Å²) >= 11 is 0. The normalized spacial score (nSPS) is 22.8. The molecule has 0 saturated carbocycles. The summed E-state index contributed by atoms with van der Waals surface area (Å²) in [7, 11) is 0. The molecule has 0 aliphatic heterocycles. The van der Waals surface area contributed by atoms with Gasteiger partial charge in [-0.2, -0.15) is 0 Å². The van der Waals surface area contributed by atoms with Gasteiger partial charge in [-0.05, 0) is 30.8 Å². The Morgan fingerprint density at radius 1 is 1.46 bits per heavy atom. The lowest BCUT2D eigenvalue weighted by molar-refractivity contribution is -0.281. The van der Waals surface area contributed by atoms with Crippen molar-refractivity contribution >= 4 is 0 Å². The molecule has 0 radical (unpaired) electrons. The van der Waals surface area contributed by atoms with Crippen molar-refractivity contribution < 1.29 is 10.4 Å². The molecule has 1 atom stereocenters. The Labute approximate surface area is 78.9 Å². The maximum absolute atomic E-state index is 8.94. The molecule has 0 aromatic rings. The van der Waals surface area contributed by atoms with Crippen LogP contribution in [0, 0.1) is 11.8 Å². The molecule has 0 saturated heterocycles. The van der Waals surface area contributed by atoms with Gasteiger partial charge in [0.25, 0.3) is 0 Å². The standard InChI is InChI=1S/C10H17NO2/c1-7(2)9-5-4-8(3)10(6-9)11(12)13/h4-5,7,9,12-13H,6H2,1-3H3. The molecule has 1 aliphatic carbocycles. The molecule has 0 aromatic heterocycles. The molecule has 13 heavy (non-hydrogen) atoms. The van der Waals surface area contributed by atoms with Gasteiger partial charge in [-0.15, -0.1) is 5.23 Å². The van der Waals surface area contributed by atoms with Crippen LogP contribution >= 0.6 is 0 Å². The first-order valence-corrected chi connectivity index (χ1v) is 4.58. The molecular weight excluding hydrogens is 166 g/mol. The van der Waals surface area contributed by atoms with E-state index in [-0.39, 0.29) is 5.23 Å². The zero-order chi connectivity index (χ0) is 10.0. The molecule has 1 aliphatic rings. The van der Waals surface area contributed by atoms with Crippen molar-refractivity contribution in [3.05, 3.63) is 23.4 Å². The highest BCUT2D eigenvalue weighted by atomic mass is 16.8. The van der Waals surface area contributed by atoms with Gasteiger partial charge in [-0.3, -0.25) is 10.4 Å². The fourth-order valence-electron chi connectivity index (χ4n) is 1.51. The monoisotopic (exact) mass is 183 g/mol. The van der Waals surface area contributed by atoms with E-state index < -0.39 is 0 Å². The van der Waals surface area contributed by atoms with Crippen LogP contribution in [0.25, 0.3) is 0 Å². The van der Waals surface area contributed by atoms with Gasteiger partial charge in [0.05, 0.1) is 5.70 Å². The van der Waals surface area contributed by atoms with Crippen molar-refractivity contribution in [1.82, 2.24) is 5.23 Å². The van der Waals surface area contributed by atoms with Gasteiger partial charge in [0.1, 0.15) is 0 Å². The predicted molar refractivity (Wildman–Crippen MR) is 50.2 cm³/mol. The Kier molecular flexibility index (Phi) is 3.12. The summed E-state index contributed by atoms with van der Waals surface area (Å²) in [4.78, 5) is 0. The van der Waals surface area contributed by atoms with Gasteiger partial charge in [-0.1, -0.05) is 26.0 Å². The van der Waals surface area contributed by atoms with Crippen molar-refractivity contribution in [1.29, 1.82) is 0 Å². The average Bonchev–Trinajstić information content (AvgIpc) is 2.04. The molecule has 0 heterocycles. The maximum Gasteiger partial charge on any atom is 0.0751 e. The number of hydrogen-bond donors (Lipinski definition) is 2. The second kappa shape index (κ2) is 3.94. The first-order chi connectivity index (χ1) is 6.02. The van der Waals surface area contributed by atoms with E-state index in [0.29, 0.717) is 24.0 Å². The Morgan fingerprint density at radius 3 is 2.54 bits per heavy atom. The second-order valence-electron chi connectivity index (χ2n) is 3.89. The SMILES string of the molecule is CC1=C(N(O)O)CC(C(C)C)C=C1. The molecule has 1 rings (SSSR count). The summed E-state index contributed by atoms with van der Waals surface area (Å²) in [5.74, 6) is 0.930. The molecule has 0 fully saturated rings. The van der Waals surface area contributed by atoms with Crippen molar-refractivity contribution in [2.45, 2.75) is 27.2 Å². The summed E-state index contributed by atoms with van der Waals surface area (Å²) in [5.41, 5.74) is 1.52. The highest BCUT2D eigenvalue weighted by Gasteiger charge is 2.19.